The summed E-state index contributed by atoms with van der Waals surface area (Å²) < 4.78 is 16.5. The van der Waals surface area contributed by atoms with Gasteiger partial charge in [0.15, 0.2) is 0 Å². The van der Waals surface area contributed by atoms with Crippen LogP contribution in [-0.2, 0) is 19.1 Å². The second-order valence-corrected chi connectivity index (χ2v) is 14.9. The molecule has 3 amide bonds. The molecule has 2 saturated carbocycles. The van der Waals surface area contributed by atoms with E-state index >= 15 is 0 Å². The van der Waals surface area contributed by atoms with Crippen molar-refractivity contribution in [1.82, 2.24) is 26.1 Å². The van der Waals surface area contributed by atoms with E-state index in [2.05, 4.69) is 60.8 Å². The van der Waals surface area contributed by atoms with Gasteiger partial charge >= 0.3 is 0 Å². The molecule has 4 rings (SSSR count). The Balaban J connectivity index is 0.965. The smallest absolute Gasteiger partial charge is 0.251 e. The van der Waals surface area contributed by atoms with Crippen LogP contribution in [0, 0.1) is 23.2 Å². The highest BCUT2D eigenvalue weighted by Gasteiger charge is 2.53. The van der Waals surface area contributed by atoms with E-state index in [0.717, 1.165) is 37.7 Å². The first-order valence-corrected chi connectivity index (χ1v) is 16.1. The Labute approximate surface area is 267 Å². The van der Waals surface area contributed by atoms with E-state index in [4.69, 9.17) is 13.9 Å². The van der Waals surface area contributed by atoms with Crippen molar-refractivity contribution in [1.29, 1.82) is 0 Å². The number of ether oxygens (including phenoxy) is 2. The number of carbonyl (C=O) groups excluding carboxylic acids is 3. The summed E-state index contributed by atoms with van der Waals surface area (Å²) in [4.78, 5) is 37.2. The van der Waals surface area contributed by atoms with E-state index in [1.165, 1.54) is 0 Å². The van der Waals surface area contributed by atoms with Crippen LogP contribution >= 0.6 is 0 Å². The lowest BCUT2D eigenvalue weighted by molar-refractivity contribution is -0.128. The van der Waals surface area contributed by atoms with Crippen molar-refractivity contribution in [3.05, 3.63) is 35.7 Å². The normalized spacial score (nSPS) is 21.1. The number of aromatic nitrogens is 2. The zero-order valence-electron chi connectivity index (χ0n) is 27.8. The minimum atomic E-state index is -0.193. The topological polar surface area (TPSA) is 145 Å². The van der Waals surface area contributed by atoms with E-state index in [9.17, 15) is 14.4 Å². The molecule has 1 spiro atoms. The van der Waals surface area contributed by atoms with Gasteiger partial charge in [0.25, 0.3) is 5.91 Å². The number of carbonyl (C=O) groups is 3. The number of hydrogen-bond acceptors (Lipinski definition) is 8. The Morgan fingerprint density at radius 3 is 2.04 bits per heavy atom. The molecule has 1 aromatic carbocycles. The van der Waals surface area contributed by atoms with Crippen molar-refractivity contribution in [2.24, 2.45) is 16.2 Å². The Morgan fingerprint density at radius 2 is 1.47 bits per heavy atom. The van der Waals surface area contributed by atoms with Crippen LogP contribution in [0.3, 0.4) is 0 Å². The first-order chi connectivity index (χ1) is 21.2. The molecule has 0 atom stereocenters. The second-order valence-electron chi connectivity index (χ2n) is 14.9. The molecule has 45 heavy (non-hydrogen) atoms. The van der Waals surface area contributed by atoms with Crippen LogP contribution in [0.2, 0.25) is 0 Å². The zero-order chi connectivity index (χ0) is 32.7. The average Bonchev–Trinajstić information content (AvgIpc) is 3.34. The highest BCUT2D eigenvalue weighted by molar-refractivity contribution is 5.94. The lowest BCUT2D eigenvalue weighted by atomic mass is 9.52. The number of rotatable bonds is 16. The van der Waals surface area contributed by atoms with E-state index < -0.39 is 0 Å². The molecule has 1 heterocycles. The van der Waals surface area contributed by atoms with Gasteiger partial charge in [0.1, 0.15) is 0 Å². The van der Waals surface area contributed by atoms with E-state index in [-0.39, 0.29) is 46.1 Å². The van der Waals surface area contributed by atoms with Gasteiger partial charge in [-0.15, -0.1) is 10.2 Å². The Kier molecular flexibility index (Phi) is 11.4. The van der Waals surface area contributed by atoms with Crippen LogP contribution in [0.15, 0.2) is 28.7 Å². The molecule has 2 aromatic rings. The monoisotopic (exact) mass is 625 g/mol. The molecule has 1 aromatic heterocycles. The van der Waals surface area contributed by atoms with Gasteiger partial charge in [-0.3, -0.25) is 14.4 Å². The summed E-state index contributed by atoms with van der Waals surface area (Å²) in [5, 5.41) is 16.9. The number of hydrogen-bond donors (Lipinski definition) is 3. The largest absolute Gasteiger partial charge is 0.421 e. The van der Waals surface area contributed by atoms with Crippen LogP contribution in [0.5, 0.6) is 0 Å². The van der Waals surface area contributed by atoms with Crippen molar-refractivity contribution < 1.29 is 28.3 Å². The van der Waals surface area contributed by atoms with Gasteiger partial charge in [-0.05, 0) is 72.6 Å². The Hall–Kier alpha value is -3.31. The Morgan fingerprint density at radius 1 is 0.867 bits per heavy atom. The van der Waals surface area contributed by atoms with Gasteiger partial charge < -0.3 is 29.8 Å². The molecule has 0 saturated heterocycles. The van der Waals surface area contributed by atoms with Crippen LogP contribution < -0.4 is 16.0 Å². The molecular weight excluding hydrogens is 574 g/mol. The van der Waals surface area contributed by atoms with Crippen LogP contribution in [-0.4, -0.2) is 73.0 Å². The maximum Gasteiger partial charge on any atom is 0.251 e. The number of amides is 3. The fourth-order valence-electron chi connectivity index (χ4n) is 7.02. The van der Waals surface area contributed by atoms with Crippen molar-refractivity contribution in [3.63, 3.8) is 0 Å². The van der Waals surface area contributed by atoms with Crippen molar-refractivity contribution in [2.45, 2.75) is 98.6 Å². The molecule has 11 nitrogen and oxygen atoms in total. The first-order valence-electron chi connectivity index (χ1n) is 16.1. The molecule has 0 bridgehead atoms. The van der Waals surface area contributed by atoms with Gasteiger partial charge in [0, 0.05) is 49.5 Å². The lowest BCUT2D eigenvalue weighted by Gasteiger charge is -2.58. The molecule has 2 fully saturated rings. The summed E-state index contributed by atoms with van der Waals surface area (Å²) in [6, 6.07) is 7.42. The maximum absolute atomic E-state index is 12.6. The molecule has 11 heteroatoms. The SMILES string of the molecule is Cc1nnc(-c2ccc(C(=O)NCCOCCOCCC(=O)NC3CC4(C3)CC(NC(=O)CC(C)(C)CC(C)(C)C)C4)cc2)o1. The summed E-state index contributed by atoms with van der Waals surface area (Å²) in [5.41, 5.74) is 1.75. The quantitative estimate of drug-likeness (QED) is 0.230. The summed E-state index contributed by atoms with van der Waals surface area (Å²) in [6.45, 7) is 14.5. The third kappa shape index (κ3) is 10.9. The minimum absolute atomic E-state index is 0.00368. The number of nitrogens with zero attached hydrogens (tertiary/aromatic N) is 2. The predicted octanol–water partition coefficient (Wildman–Crippen LogP) is 4.59. The standard InChI is InChI=1S/C34H51N5O6/c1-23-38-39-31(45-23)25-9-7-24(8-10-25)30(42)35-12-14-44-16-15-43-13-11-28(40)36-26-17-34(18-26)19-27(20-34)37-29(41)21-33(5,6)22-32(2,3)4/h7-10,26-27H,11-22H2,1-6H3,(H,35,42)(H,36,40)(H,37,41). The van der Waals surface area contributed by atoms with Gasteiger partial charge in [-0.1, -0.05) is 34.6 Å². The minimum Gasteiger partial charge on any atom is -0.421 e. The van der Waals surface area contributed by atoms with Gasteiger partial charge in [0.2, 0.25) is 23.6 Å². The van der Waals surface area contributed by atoms with Crippen LogP contribution in [0.25, 0.3) is 11.5 Å². The average molecular weight is 626 g/mol. The summed E-state index contributed by atoms with van der Waals surface area (Å²) in [5.74, 6) is 0.866. The highest BCUT2D eigenvalue weighted by Crippen LogP contribution is 2.56. The Bertz CT molecular complexity index is 1280. The van der Waals surface area contributed by atoms with Gasteiger partial charge in [-0.2, -0.15) is 0 Å². The maximum atomic E-state index is 12.6. The fraction of sp³-hybridized carbons (Fsp3) is 0.676. The second kappa shape index (κ2) is 14.9. The predicted molar refractivity (Wildman–Crippen MR) is 170 cm³/mol. The molecule has 0 aliphatic heterocycles. The van der Waals surface area contributed by atoms with Crippen LogP contribution in [0.4, 0.5) is 0 Å². The van der Waals surface area contributed by atoms with Crippen LogP contribution in [0.1, 0.15) is 95.8 Å². The molecule has 0 radical (unpaired) electrons. The molecule has 0 unspecified atom stereocenters. The van der Waals surface area contributed by atoms with Gasteiger partial charge in [-0.25, -0.2) is 0 Å². The van der Waals surface area contributed by atoms with Crippen molar-refractivity contribution >= 4 is 17.7 Å². The molecule has 2 aliphatic carbocycles. The number of benzene rings is 1. The molecule has 3 N–H and O–H groups in total. The molecular formula is C34H51N5O6. The third-order valence-electron chi connectivity index (χ3n) is 8.39. The van der Waals surface area contributed by atoms with E-state index in [1.807, 2.05) is 0 Å². The summed E-state index contributed by atoms with van der Waals surface area (Å²) in [7, 11) is 0. The fourth-order valence-corrected chi connectivity index (χ4v) is 7.02. The first kappa shape index (κ1) is 34.6. The number of aryl methyl sites for hydroxylation is 1. The highest BCUT2D eigenvalue weighted by atomic mass is 16.5. The lowest BCUT2D eigenvalue weighted by Crippen LogP contribution is -2.61. The third-order valence-corrected chi connectivity index (χ3v) is 8.39. The number of nitrogens with one attached hydrogen (secondary N) is 3. The molecule has 2 aliphatic rings. The summed E-state index contributed by atoms with van der Waals surface area (Å²) >= 11 is 0. The van der Waals surface area contributed by atoms with Crippen molar-refractivity contribution in [3.8, 4) is 11.5 Å². The van der Waals surface area contributed by atoms with Crippen molar-refractivity contribution in [2.75, 3.05) is 33.0 Å². The van der Waals surface area contributed by atoms with Gasteiger partial charge in [0.05, 0.1) is 26.4 Å². The summed E-state index contributed by atoms with van der Waals surface area (Å²) in [6.07, 6.45) is 5.85. The zero-order valence-corrected chi connectivity index (χ0v) is 27.8. The van der Waals surface area contributed by atoms with E-state index in [1.54, 1.807) is 31.2 Å². The molecule has 248 valence electrons. The van der Waals surface area contributed by atoms with E-state index in [0.29, 0.717) is 63.2 Å².